The van der Waals surface area contributed by atoms with Crippen molar-refractivity contribution >= 4 is 6.09 Å². The van der Waals surface area contributed by atoms with Gasteiger partial charge in [0.05, 0.1) is 0 Å². The van der Waals surface area contributed by atoms with E-state index in [0.717, 1.165) is 11.1 Å². The van der Waals surface area contributed by atoms with Gasteiger partial charge < -0.3 is 20.9 Å². The molecule has 0 unspecified atom stereocenters. The maximum absolute atomic E-state index is 11.9. The number of hydrogen-bond donors (Lipinski definition) is 3. The van der Waals surface area contributed by atoms with Crippen LogP contribution in [0.1, 0.15) is 22.3 Å². The number of aryl methyl sites for hydroxylation is 2. The summed E-state index contributed by atoms with van der Waals surface area (Å²) in [6.07, 6.45) is -0.723. The van der Waals surface area contributed by atoms with E-state index in [9.17, 15) is 9.90 Å². The van der Waals surface area contributed by atoms with Crippen LogP contribution in [-0.4, -0.2) is 24.3 Å². The van der Waals surface area contributed by atoms with Crippen LogP contribution < -0.4 is 11.1 Å². The summed E-state index contributed by atoms with van der Waals surface area (Å²) in [7, 11) is 0. The predicted octanol–water partition coefficient (Wildman–Crippen LogP) is 2.18. The quantitative estimate of drug-likeness (QED) is 0.739. The van der Waals surface area contributed by atoms with E-state index in [0.29, 0.717) is 17.7 Å². The lowest BCUT2D eigenvalue weighted by atomic mass is 9.96. The summed E-state index contributed by atoms with van der Waals surface area (Å²) in [5.74, 6) is -1.86. The summed E-state index contributed by atoms with van der Waals surface area (Å²) in [5.41, 5.74) is 8.42. The molecule has 5 nitrogen and oxygen atoms in total. The Balaban J connectivity index is 2.39. The summed E-state index contributed by atoms with van der Waals surface area (Å²) >= 11 is 0. The molecule has 0 spiro atoms. The summed E-state index contributed by atoms with van der Waals surface area (Å²) in [4.78, 5) is 11.9. The number of hydrogen-bond acceptors (Lipinski definition) is 4. The number of nitrogens with two attached hydrogens (primary N) is 1. The van der Waals surface area contributed by atoms with E-state index in [-0.39, 0.29) is 6.54 Å². The van der Waals surface area contributed by atoms with Gasteiger partial charge in [-0.25, -0.2) is 4.79 Å². The van der Waals surface area contributed by atoms with E-state index in [2.05, 4.69) is 5.32 Å². The minimum Gasteiger partial charge on any atom is -0.408 e. The molecule has 0 aromatic heterocycles. The van der Waals surface area contributed by atoms with Gasteiger partial charge in [-0.1, -0.05) is 59.7 Å². The first-order chi connectivity index (χ1) is 11.0. The van der Waals surface area contributed by atoms with E-state index in [4.69, 9.17) is 10.5 Å². The maximum atomic E-state index is 11.9. The average molecular weight is 314 g/mol. The number of carbonyl (C=O) groups excluding carboxylic acids is 1. The van der Waals surface area contributed by atoms with Gasteiger partial charge in [-0.15, -0.1) is 0 Å². The lowest BCUT2D eigenvalue weighted by Gasteiger charge is -2.29. The fraction of sp³-hybridized carbons (Fsp3) is 0.278. The predicted molar refractivity (Wildman–Crippen MR) is 88.9 cm³/mol. The molecule has 0 bridgehead atoms. The Morgan fingerprint density at radius 2 is 1.48 bits per heavy atom. The SMILES string of the molecule is Cc1ccc(C(O)(OC(=O)NCCN)c2ccc(C)cc2)cc1. The molecule has 122 valence electrons. The Morgan fingerprint density at radius 3 is 1.87 bits per heavy atom. The number of amides is 1. The summed E-state index contributed by atoms with van der Waals surface area (Å²) in [6.45, 7) is 4.46. The second kappa shape index (κ2) is 7.26. The van der Waals surface area contributed by atoms with E-state index in [1.54, 1.807) is 24.3 Å². The fourth-order valence-corrected chi connectivity index (χ4v) is 2.19. The van der Waals surface area contributed by atoms with Gasteiger partial charge in [-0.2, -0.15) is 0 Å². The van der Waals surface area contributed by atoms with Gasteiger partial charge in [0.25, 0.3) is 5.79 Å². The second-order valence-corrected chi connectivity index (χ2v) is 5.48. The Labute approximate surface area is 136 Å². The number of alkyl carbamates (subject to hydrolysis) is 1. The third kappa shape index (κ3) is 4.09. The molecule has 0 saturated carbocycles. The number of ether oxygens (including phenoxy) is 1. The molecule has 2 rings (SSSR count). The molecular formula is C18H22N2O3. The molecule has 5 heteroatoms. The molecule has 0 aliphatic heterocycles. The molecule has 0 heterocycles. The molecule has 0 aliphatic rings. The first-order valence-electron chi connectivity index (χ1n) is 7.49. The van der Waals surface area contributed by atoms with Crippen LogP contribution in [0.25, 0.3) is 0 Å². The monoisotopic (exact) mass is 314 g/mol. The topological polar surface area (TPSA) is 84.6 Å². The zero-order valence-electron chi connectivity index (χ0n) is 13.4. The standard InChI is InChI=1S/C18H22N2O3/c1-13-3-7-15(8-4-13)18(22,23-17(21)20-12-11-19)16-9-5-14(2)6-10-16/h3-10,22H,11-12,19H2,1-2H3,(H,20,21). The van der Waals surface area contributed by atoms with Gasteiger partial charge in [-0.3, -0.25) is 0 Å². The molecule has 1 amide bonds. The van der Waals surface area contributed by atoms with Crippen LogP contribution >= 0.6 is 0 Å². The maximum Gasteiger partial charge on any atom is 0.410 e. The first kappa shape index (κ1) is 17.0. The van der Waals surface area contributed by atoms with Gasteiger partial charge >= 0.3 is 6.09 Å². The van der Waals surface area contributed by atoms with Gasteiger partial charge in [0.1, 0.15) is 0 Å². The van der Waals surface area contributed by atoms with Crippen molar-refractivity contribution < 1.29 is 14.6 Å². The van der Waals surface area contributed by atoms with Crippen LogP contribution in [0.2, 0.25) is 0 Å². The molecule has 2 aromatic rings. The average Bonchev–Trinajstić information content (AvgIpc) is 2.54. The number of benzene rings is 2. The molecule has 23 heavy (non-hydrogen) atoms. The van der Waals surface area contributed by atoms with Crippen molar-refractivity contribution in [3.05, 3.63) is 70.8 Å². The van der Waals surface area contributed by atoms with Crippen LogP contribution in [0.15, 0.2) is 48.5 Å². The van der Waals surface area contributed by atoms with Gasteiger partial charge in [-0.05, 0) is 13.8 Å². The summed E-state index contributed by atoms with van der Waals surface area (Å²) in [5, 5.41) is 13.6. The fourth-order valence-electron chi connectivity index (χ4n) is 2.19. The lowest BCUT2D eigenvalue weighted by molar-refractivity contribution is -0.135. The van der Waals surface area contributed by atoms with Crippen molar-refractivity contribution in [1.82, 2.24) is 5.32 Å². The zero-order valence-corrected chi connectivity index (χ0v) is 13.4. The molecule has 0 radical (unpaired) electrons. The first-order valence-corrected chi connectivity index (χ1v) is 7.49. The van der Waals surface area contributed by atoms with Crippen molar-refractivity contribution in [1.29, 1.82) is 0 Å². The van der Waals surface area contributed by atoms with Crippen LogP contribution in [0.4, 0.5) is 4.79 Å². The molecular weight excluding hydrogens is 292 g/mol. The highest BCUT2D eigenvalue weighted by Gasteiger charge is 2.36. The third-order valence-corrected chi connectivity index (χ3v) is 3.54. The number of carbonyl (C=O) groups is 1. The van der Waals surface area contributed by atoms with Crippen molar-refractivity contribution in [2.75, 3.05) is 13.1 Å². The number of nitrogens with one attached hydrogen (secondary N) is 1. The number of rotatable bonds is 5. The summed E-state index contributed by atoms with van der Waals surface area (Å²) < 4.78 is 5.34. The lowest BCUT2D eigenvalue weighted by Crippen LogP contribution is -2.39. The second-order valence-electron chi connectivity index (χ2n) is 5.48. The van der Waals surface area contributed by atoms with Crippen molar-refractivity contribution in [2.45, 2.75) is 19.6 Å². The largest absolute Gasteiger partial charge is 0.410 e. The van der Waals surface area contributed by atoms with Gasteiger partial charge in [0, 0.05) is 24.2 Å². The Morgan fingerprint density at radius 1 is 1.04 bits per heavy atom. The van der Waals surface area contributed by atoms with E-state index in [1.807, 2.05) is 38.1 Å². The van der Waals surface area contributed by atoms with E-state index in [1.165, 1.54) is 0 Å². The number of aliphatic hydroxyl groups is 1. The molecule has 0 atom stereocenters. The van der Waals surface area contributed by atoms with Crippen molar-refractivity contribution in [3.63, 3.8) is 0 Å². The highest BCUT2D eigenvalue weighted by atomic mass is 16.7. The van der Waals surface area contributed by atoms with Crippen LogP contribution in [0, 0.1) is 13.8 Å². The van der Waals surface area contributed by atoms with Gasteiger partial charge in [0.2, 0.25) is 0 Å². The molecule has 4 N–H and O–H groups in total. The molecule has 0 fully saturated rings. The smallest absolute Gasteiger partial charge is 0.408 e. The minimum atomic E-state index is -1.86. The highest BCUT2D eigenvalue weighted by molar-refractivity contribution is 5.68. The molecule has 2 aromatic carbocycles. The van der Waals surface area contributed by atoms with Crippen molar-refractivity contribution in [2.24, 2.45) is 5.73 Å². The Bertz CT molecular complexity index is 605. The molecule has 0 saturated heterocycles. The van der Waals surface area contributed by atoms with Gasteiger partial charge in [0.15, 0.2) is 0 Å². The van der Waals surface area contributed by atoms with Crippen LogP contribution in [0.5, 0.6) is 0 Å². The highest BCUT2D eigenvalue weighted by Crippen LogP contribution is 2.31. The van der Waals surface area contributed by atoms with Crippen molar-refractivity contribution in [3.8, 4) is 0 Å². The Kier molecular flexibility index (Phi) is 5.36. The van der Waals surface area contributed by atoms with E-state index >= 15 is 0 Å². The van der Waals surface area contributed by atoms with Crippen LogP contribution in [-0.2, 0) is 10.5 Å². The molecule has 0 aliphatic carbocycles. The third-order valence-electron chi connectivity index (χ3n) is 3.54. The van der Waals surface area contributed by atoms with E-state index < -0.39 is 11.9 Å². The normalized spacial score (nSPS) is 11.1. The summed E-state index contributed by atoms with van der Waals surface area (Å²) in [6, 6.07) is 14.4. The minimum absolute atomic E-state index is 0.275. The Hall–Kier alpha value is -2.37. The van der Waals surface area contributed by atoms with Crippen LogP contribution in [0.3, 0.4) is 0 Å². The zero-order chi connectivity index (χ0) is 16.9.